The first-order valence-corrected chi connectivity index (χ1v) is 13.0. The van der Waals surface area contributed by atoms with Gasteiger partial charge >= 0.3 is 0 Å². The zero-order chi connectivity index (χ0) is 25.8. The predicted octanol–water partition coefficient (Wildman–Crippen LogP) is 2.14. The van der Waals surface area contributed by atoms with Crippen LogP contribution in [0.1, 0.15) is 49.5 Å². The number of hydrogen-bond acceptors (Lipinski definition) is 5. The lowest BCUT2D eigenvalue weighted by Crippen LogP contribution is -2.59. The summed E-state index contributed by atoms with van der Waals surface area (Å²) in [4.78, 5) is 43.2. The Balaban J connectivity index is 1.43. The third kappa shape index (κ3) is 5.36. The molecule has 0 spiro atoms. The first-order valence-electron chi connectivity index (χ1n) is 13.0. The van der Waals surface area contributed by atoms with Gasteiger partial charge in [0.15, 0.2) is 0 Å². The lowest BCUT2D eigenvalue weighted by Gasteiger charge is -2.39. The van der Waals surface area contributed by atoms with E-state index in [9.17, 15) is 14.4 Å². The summed E-state index contributed by atoms with van der Waals surface area (Å²) in [5, 5.41) is 6.98. The zero-order valence-electron chi connectivity index (χ0n) is 21.9. The number of nitrogens with zero attached hydrogens (tertiary/aromatic N) is 3. The standard InChI is InChI=1S/C27H39N5O4/c1-18(28-2)25(33)29-24(19-8-6-5-7-9-19)27(35)32-14-12-31(13-15-32)26(34)23-16-20-10-11-21(36-4)17-22(20)30(23)3/h10-11,16-19,24,28H,5-9,12-15H2,1-4H3,(H,29,33)/t18-,24?/m0/s1. The first kappa shape index (κ1) is 26.0. The third-order valence-corrected chi connectivity index (χ3v) is 7.86. The van der Waals surface area contributed by atoms with E-state index < -0.39 is 6.04 Å². The Bertz CT molecular complexity index is 1100. The molecule has 9 heteroatoms. The van der Waals surface area contributed by atoms with Gasteiger partial charge in [0, 0.05) is 44.7 Å². The van der Waals surface area contributed by atoms with Gasteiger partial charge in [0.2, 0.25) is 11.8 Å². The molecule has 4 rings (SSSR count). The summed E-state index contributed by atoms with van der Waals surface area (Å²) < 4.78 is 7.23. The molecule has 1 aromatic carbocycles. The van der Waals surface area contributed by atoms with Crippen molar-refractivity contribution in [2.24, 2.45) is 13.0 Å². The van der Waals surface area contributed by atoms with E-state index in [2.05, 4.69) is 10.6 Å². The molecule has 1 saturated carbocycles. The Kier molecular flexibility index (Phi) is 8.18. The van der Waals surface area contributed by atoms with Gasteiger partial charge < -0.3 is 29.7 Å². The van der Waals surface area contributed by atoms with E-state index in [1.165, 1.54) is 6.42 Å². The number of amides is 3. The van der Waals surface area contributed by atoms with Crippen molar-refractivity contribution >= 4 is 28.6 Å². The van der Waals surface area contributed by atoms with Crippen molar-refractivity contribution in [3.8, 4) is 5.75 Å². The summed E-state index contributed by atoms with van der Waals surface area (Å²) in [7, 11) is 5.25. The van der Waals surface area contributed by atoms with Crippen molar-refractivity contribution < 1.29 is 19.1 Å². The number of likely N-dealkylation sites (N-methyl/N-ethyl adjacent to an activating group) is 1. The fourth-order valence-electron chi connectivity index (χ4n) is 5.39. The molecule has 1 saturated heterocycles. The molecular formula is C27H39N5O4. The molecular weight excluding hydrogens is 458 g/mol. The number of aryl methyl sites for hydroxylation is 1. The van der Waals surface area contributed by atoms with Crippen molar-refractivity contribution in [2.45, 2.75) is 51.1 Å². The number of fused-ring (bicyclic) bond motifs is 1. The van der Waals surface area contributed by atoms with Crippen LogP contribution in [0, 0.1) is 5.92 Å². The third-order valence-electron chi connectivity index (χ3n) is 7.86. The molecule has 1 aliphatic carbocycles. The van der Waals surface area contributed by atoms with Crippen LogP contribution < -0.4 is 15.4 Å². The van der Waals surface area contributed by atoms with Gasteiger partial charge in [-0.05, 0) is 50.9 Å². The molecule has 2 fully saturated rings. The lowest BCUT2D eigenvalue weighted by molar-refractivity contribution is -0.140. The van der Waals surface area contributed by atoms with Gasteiger partial charge in [-0.2, -0.15) is 0 Å². The second kappa shape index (κ2) is 11.3. The number of ether oxygens (including phenoxy) is 1. The summed E-state index contributed by atoms with van der Waals surface area (Å²) in [5.41, 5.74) is 1.56. The van der Waals surface area contributed by atoms with E-state index >= 15 is 0 Å². The maximum atomic E-state index is 13.6. The molecule has 0 bridgehead atoms. The van der Waals surface area contributed by atoms with Crippen molar-refractivity contribution in [3.63, 3.8) is 0 Å². The molecule has 9 nitrogen and oxygen atoms in total. The molecule has 2 atom stereocenters. The summed E-state index contributed by atoms with van der Waals surface area (Å²) >= 11 is 0. The smallest absolute Gasteiger partial charge is 0.270 e. The minimum atomic E-state index is -0.510. The molecule has 196 valence electrons. The van der Waals surface area contributed by atoms with Crippen LogP contribution in [0.3, 0.4) is 0 Å². The highest BCUT2D eigenvalue weighted by atomic mass is 16.5. The van der Waals surface area contributed by atoms with Gasteiger partial charge in [-0.1, -0.05) is 19.3 Å². The lowest BCUT2D eigenvalue weighted by atomic mass is 9.83. The average Bonchev–Trinajstić information content (AvgIpc) is 3.26. The molecule has 2 heterocycles. The molecule has 1 aliphatic heterocycles. The van der Waals surface area contributed by atoms with Gasteiger partial charge in [-0.15, -0.1) is 0 Å². The molecule has 3 amide bonds. The highest BCUT2D eigenvalue weighted by Gasteiger charge is 2.36. The first-order chi connectivity index (χ1) is 17.3. The van der Waals surface area contributed by atoms with Crippen LogP contribution >= 0.6 is 0 Å². The number of carbonyl (C=O) groups is 3. The Morgan fingerprint density at radius 3 is 2.31 bits per heavy atom. The van der Waals surface area contributed by atoms with Crippen molar-refractivity contribution in [1.82, 2.24) is 25.0 Å². The highest BCUT2D eigenvalue weighted by molar-refractivity contribution is 5.99. The number of benzene rings is 1. The average molecular weight is 498 g/mol. The van der Waals surface area contributed by atoms with E-state index in [0.29, 0.717) is 31.9 Å². The molecule has 0 radical (unpaired) electrons. The quantitative estimate of drug-likeness (QED) is 0.611. The fraction of sp³-hybridized carbons (Fsp3) is 0.593. The van der Waals surface area contributed by atoms with Crippen molar-refractivity contribution in [3.05, 3.63) is 30.0 Å². The minimum absolute atomic E-state index is 0.0256. The predicted molar refractivity (Wildman–Crippen MR) is 139 cm³/mol. The Morgan fingerprint density at radius 1 is 1.00 bits per heavy atom. The maximum absolute atomic E-state index is 13.6. The fourth-order valence-corrected chi connectivity index (χ4v) is 5.39. The van der Waals surface area contributed by atoms with Crippen molar-refractivity contribution in [1.29, 1.82) is 0 Å². The van der Waals surface area contributed by atoms with Crippen LogP contribution in [0.15, 0.2) is 24.3 Å². The Morgan fingerprint density at radius 2 is 1.67 bits per heavy atom. The van der Waals surface area contributed by atoms with E-state index in [0.717, 1.165) is 42.3 Å². The highest BCUT2D eigenvalue weighted by Crippen LogP contribution is 2.28. The van der Waals surface area contributed by atoms with Crippen LogP contribution in [0.25, 0.3) is 10.9 Å². The van der Waals surface area contributed by atoms with Gasteiger partial charge in [0.25, 0.3) is 5.91 Å². The largest absolute Gasteiger partial charge is 0.497 e. The number of hydrogen-bond donors (Lipinski definition) is 2. The molecule has 2 aliphatic rings. The minimum Gasteiger partial charge on any atom is -0.497 e. The molecule has 36 heavy (non-hydrogen) atoms. The van der Waals surface area contributed by atoms with Crippen molar-refractivity contribution in [2.75, 3.05) is 40.3 Å². The monoisotopic (exact) mass is 497 g/mol. The van der Waals surface area contributed by atoms with Crippen LogP contribution in [-0.4, -0.2) is 84.5 Å². The second-order valence-corrected chi connectivity index (χ2v) is 10.0. The number of methoxy groups -OCH3 is 1. The van der Waals surface area contributed by atoms with Crippen LogP contribution in [0.5, 0.6) is 5.75 Å². The molecule has 1 aromatic heterocycles. The number of aromatic nitrogens is 1. The Labute approximate surface area is 213 Å². The summed E-state index contributed by atoms with van der Waals surface area (Å²) in [6.07, 6.45) is 5.26. The number of carbonyl (C=O) groups excluding carboxylic acids is 3. The number of piperazine rings is 1. The molecule has 2 aromatic rings. The van der Waals surface area contributed by atoms with Gasteiger partial charge in [0.1, 0.15) is 17.5 Å². The van der Waals surface area contributed by atoms with Crippen LogP contribution in [-0.2, 0) is 16.6 Å². The summed E-state index contributed by atoms with van der Waals surface area (Å²) in [6.45, 7) is 3.65. The zero-order valence-corrected chi connectivity index (χ0v) is 21.9. The van der Waals surface area contributed by atoms with Gasteiger partial charge in [-0.25, -0.2) is 0 Å². The number of rotatable bonds is 7. The van der Waals surface area contributed by atoms with E-state index in [-0.39, 0.29) is 29.7 Å². The molecule has 1 unspecified atom stereocenters. The van der Waals surface area contributed by atoms with Gasteiger partial charge in [0.05, 0.1) is 18.7 Å². The number of nitrogens with one attached hydrogen (secondary N) is 2. The maximum Gasteiger partial charge on any atom is 0.270 e. The summed E-state index contributed by atoms with van der Waals surface area (Å²) in [5.74, 6) is 0.690. The van der Waals surface area contributed by atoms with Gasteiger partial charge in [-0.3, -0.25) is 14.4 Å². The van der Waals surface area contributed by atoms with Crippen LogP contribution in [0.4, 0.5) is 0 Å². The van der Waals surface area contributed by atoms with E-state index in [1.807, 2.05) is 45.7 Å². The van der Waals surface area contributed by atoms with E-state index in [4.69, 9.17) is 4.74 Å². The Hall–Kier alpha value is -3.07. The normalized spacial score (nSPS) is 18.7. The topological polar surface area (TPSA) is 95.9 Å². The molecule has 2 N–H and O–H groups in total. The van der Waals surface area contributed by atoms with Crippen LogP contribution in [0.2, 0.25) is 0 Å². The van der Waals surface area contributed by atoms with E-state index in [1.54, 1.807) is 21.1 Å². The SMILES string of the molecule is CN[C@@H](C)C(=O)NC(C(=O)N1CCN(C(=O)c2cc3ccc(OC)cc3n2C)CC1)C1CCCCC1. The summed E-state index contributed by atoms with van der Waals surface area (Å²) in [6, 6.07) is 6.81. The second-order valence-electron chi connectivity index (χ2n) is 10.0.